The molecule has 0 N–H and O–H groups in total. The number of nitrogens with zero attached hydrogens (tertiary/aromatic N) is 1. The summed E-state index contributed by atoms with van der Waals surface area (Å²) in [4.78, 5) is 13.7. The van der Waals surface area contributed by atoms with Crippen molar-refractivity contribution in [2.75, 3.05) is 12.4 Å². The normalized spacial score (nSPS) is 12.8. The molecule has 0 unspecified atom stereocenters. The number of hydrogen-bond acceptors (Lipinski definition) is 1. The molecule has 0 aromatic heterocycles. The van der Waals surface area contributed by atoms with Crippen molar-refractivity contribution in [2.45, 2.75) is 46.6 Å². The summed E-state index contributed by atoms with van der Waals surface area (Å²) in [6.07, 6.45) is 0.597. The number of hydrogen-bond donors (Lipinski definition) is 0. The molecule has 0 aromatic carbocycles. The molecule has 0 aliphatic rings. The molecule has 0 aliphatic heterocycles. The SMILES string of the molecule is CN(C(=O)CC(C)(C)C)C(C)(C)CBr. The van der Waals surface area contributed by atoms with Gasteiger partial charge in [0.1, 0.15) is 0 Å². The van der Waals surface area contributed by atoms with Gasteiger partial charge in [-0.1, -0.05) is 36.7 Å². The highest BCUT2D eigenvalue weighted by molar-refractivity contribution is 9.09. The molecule has 0 heterocycles. The maximum Gasteiger partial charge on any atom is 0.223 e. The largest absolute Gasteiger partial charge is 0.340 e. The molecule has 0 radical (unpaired) electrons. The molecule has 0 aliphatic carbocycles. The van der Waals surface area contributed by atoms with Crippen molar-refractivity contribution in [1.82, 2.24) is 4.90 Å². The van der Waals surface area contributed by atoms with Crippen LogP contribution in [0.4, 0.5) is 0 Å². The van der Waals surface area contributed by atoms with Gasteiger partial charge in [-0.05, 0) is 19.3 Å². The molecule has 3 heteroatoms. The Morgan fingerprint density at radius 1 is 1.21 bits per heavy atom. The monoisotopic (exact) mass is 263 g/mol. The van der Waals surface area contributed by atoms with Crippen LogP contribution in [0.1, 0.15) is 41.0 Å². The number of halogens is 1. The lowest BCUT2D eigenvalue weighted by molar-refractivity contribution is -0.135. The summed E-state index contributed by atoms with van der Waals surface area (Å²) in [7, 11) is 1.87. The van der Waals surface area contributed by atoms with Crippen LogP contribution in [0.5, 0.6) is 0 Å². The lowest BCUT2D eigenvalue weighted by Gasteiger charge is -2.35. The summed E-state index contributed by atoms with van der Waals surface area (Å²) in [5, 5.41) is 0.798. The van der Waals surface area contributed by atoms with Gasteiger partial charge in [-0.15, -0.1) is 0 Å². The average molecular weight is 264 g/mol. The minimum atomic E-state index is -0.109. The molecule has 0 aromatic rings. The van der Waals surface area contributed by atoms with E-state index in [1.807, 2.05) is 11.9 Å². The average Bonchev–Trinajstić information content (AvgIpc) is 2.00. The minimum Gasteiger partial charge on any atom is -0.340 e. The second-order valence-electron chi connectivity index (χ2n) is 5.64. The molecular weight excluding hydrogens is 242 g/mol. The van der Waals surface area contributed by atoms with Crippen LogP contribution in [-0.2, 0) is 4.79 Å². The molecule has 0 spiro atoms. The van der Waals surface area contributed by atoms with E-state index in [-0.39, 0.29) is 16.9 Å². The van der Waals surface area contributed by atoms with E-state index in [1.54, 1.807) is 0 Å². The Kier molecular flexibility index (Phi) is 4.63. The summed E-state index contributed by atoms with van der Waals surface area (Å²) < 4.78 is 0. The standard InChI is InChI=1S/C11H22BrNO/c1-10(2,3)7-9(14)13(6)11(4,5)8-12/h7-8H2,1-6H3. The van der Waals surface area contributed by atoms with Crippen molar-refractivity contribution in [3.05, 3.63) is 0 Å². The first kappa shape index (κ1) is 13.9. The van der Waals surface area contributed by atoms with Gasteiger partial charge in [0.05, 0.1) is 0 Å². The third-order valence-electron chi connectivity index (χ3n) is 2.29. The quantitative estimate of drug-likeness (QED) is 0.717. The lowest BCUT2D eigenvalue weighted by atomic mass is 9.91. The molecule has 0 bridgehead atoms. The van der Waals surface area contributed by atoms with Crippen LogP contribution in [0.15, 0.2) is 0 Å². The zero-order chi connectivity index (χ0) is 11.6. The van der Waals surface area contributed by atoms with Crippen molar-refractivity contribution in [3.8, 4) is 0 Å². The molecule has 14 heavy (non-hydrogen) atoms. The summed E-state index contributed by atoms with van der Waals surface area (Å²) in [5.74, 6) is 0.210. The predicted molar refractivity (Wildman–Crippen MR) is 64.7 cm³/mol. The zero-order valence-electron chi connectivity index (χ0n) is 10.1. The van der Waals surface area contributed by atoms with Crippen molar-refractivity contribution >= 4 is 21.8 Å². The number of carbonyl (C=O) groups excluding carboxylic acids is 1. The predicted octanol–water partition coefficient (Wildman–Crippen LogP) is 3.05. The van der Waals surface area contributed by atoms with E-state index in [0.717, 1.165) is 5.33 Å². The Morgan fingerprint density at radius 2 is 1.64 bits per heavy atom. The van der Waals surface area contributed by atoms with Gasteiger partial charge in [0.2, 0.25) is 5.91 Å². The van der Waals surface area contributed by atoms with Crippen LogP contribution in [0.3, 0.4) is 0 Å². The van der Waals surface area contributed by atoms with Crippen LogP contribution in [0.2, 0.25) is 0 Å². The Hall–Kier alpha value is -0.0500. The van der Waals surface area contributed by atoms with Gasteiger partial charge >= 0.3 is 0 Å². The highest BCUT2D eigenvalue weighted by Gasteiger charge is 2.28. The molecule has 0 saturated heterocycles. The Morgan fingerprint density at radius 3 is 1.93 bits per heavy atom. The molecule has 0 fully saturated rings. The van der Waals surface area contributed by atoms with Crippen LogP contribution in [0.25, 0.3) is 0 Å². The van der Waals surface area contributed by atoms with E-state index in [4.69, 9.17) is 0 Å². The van der Waals surface area contributed by atoms with Gasteiger partial charge in [-0.2, -0.15) is 0 Å². The van der Waals surface area contributed by atoms with Crippen molar-refractivity contribution in [2.24, 2.45) is 5.41 Å². The van der Waals surface area contributed by atoms with Crippen molar-refractivity contribution in [1.29, 1.82) is 0 Å². The highest BCUT2D eigenvalue weighted by Crippen LogP contribution is 2.23. The molecule has 84 valence electrons. The first-order chi connectivity index (χ1) is 6.10. The lowest BCUT2D eigenvalue weighted by Crippen LogP contribution is -2.47. The van der Waals surface area contributed by atoms with Gasteiger partial charge in [0.25, 0.3) is 0 Å². The zero-order valence-corrected chi connectivity index (χ0v) is 11.7. The smallest absolute Gasteiger partial charge is 0.223 e. The Labute approximate surface area is 96.2 Å². The van der Waals surface area contributed by atoms with Gasteiger partial charge in [0.15, 0.2) is 0 Å². The first-order valence-electron chi connectivity index (χ1n) is 4.93. The molecule has 0 saturated carbocycles. The van der Waals surface area contributed by atoms with Crippen LogP contribution >= 0.6 is 15.9 Å². The number of alkyl halides is 1. The minimum absolute atomic E-state index is 0.0632. The molecular formula is C11H22BrNO. The fourth-order valence-corrected chi connectivity index (χ4v) is 1.38. The molecule has 0 atom stereocenters. The van der Waals surface area contributed by atoms with E-state index in [9.17, 15) is 4.79 Å². The Balaban J connectivity index is 4.41. The summed E-state index contributed by atoms with van der Waals surface area (Å²) in [6, 6.07) is 0. The topological polar surface area (TPSA) is 20.3 Å². The van der Waals surface area contributed by atoms with Crippen molar-refractivity contribution in [3.63, 3.8) is 0 Å². The van der Waals surface area contributed by atoms with E-state index in [1.165, 1.54) is 0 Å². The fourth-order valence-electron chi connectivity index (χ4n) is 0.999. The third kappa shape index (κ3) is 4.45. The van der Waals surface area contributed by atoms with Crippen LogP contribution in [-0.4, -0.2) is 28.7 Å². The fraction of sp³-hybridized carbons (Fsp3) is 0.909. The molecule has 1 amide bonds. The second kappa shape index (κ2) is 4.65. The van der Waals surface area contributed by atoms with Crippen LogP contribution < -0.4 is 0 Å². The summed E-state index contributed by atoms with van der Waals surface area (Å²) in [5.41, 5.74) is -0.0456. The Bertz CT molecular complexity index is 206. The number of amides is 1. The van der Waals surface area contributed by atoms with Crippen LogP contribution in [0, 0.1) is 5.41 Å². The third-order valence-corrected chi connectivity index (χ3v) is 3.66. The number of rotatable bonds is 3. The highest BCUT2D eigenvalue weighted by atomic mass is 79.9. The van der Waals surface area contributed by atoms with Crippen molar-refractivity contribution < 1.29 is 4.79 Å². The number of carbonyl (C=O) groups is 1. The van der Waals surface area contributed by atoms with Gasteiger partial charge in [0, 0.05) is 24.3 Å². The van der Waals surface area contributed by atoms with E-state index >= 15 is 0 Å². The maximum atomic E-state index is 11.9. The first-order valence-corrected chi connectivity index (χ1v) is 6.05. The summed E-state index contributed by atoms with van der Waals surface area (Å²) >= 11 is 3.43. The van der Waals surface area contributed by atoms with Gasteiger partial charge in [-0.3, -0.25) is 4.79 Å². The molecule has 2 nitrogen and oxygen atoms in total. The summed E-state index contributed by atoms with van der Waals surface area (Å²) in [6.45, 7) is 10.4. The second-order valence-corrected chi connectivity index (χ2v) is 6.20. The maximum absolute atomic E-state index is 11.9. The van der Waals surface area contributed by atoms with Gasteiger partial charge < -0.3 is 4.90 Å². The van der Waals surface area contributed by atoms with E-state index in [2.05, 4.69) is 50.5 Å². The van der Waals surface area contributed by atoms with Gasteiger partial charge in [-0.25, -0.2) is 0 Å². The molecule has 0 rings (SSSR count). The van der Waals surface area contributed by atoms with E-state index < -0.39 is 0 Å². The van der Waals surface area contributed by atoms with E-state index in [0.29, 0.717) is 6.42 Å².